The molecular weight excluding hydrogens is 222 g/mol. The highest BCUT2D eigenvalue weighted by Gasteiger charge is 2.51. The fourth-order valence-corrected chi connectivity index (χ4v) is 4.39. The van der Waals surface area contributed by atoms with Crippen LogP contribution in [0.15, 0.2) is 0 Å². The van der Waals surface area contributed by atoms with Gasteiger partial charge in [0.15, 0.2) is 0 Å². The molecule has 18 heavy (non-hydrogen) atoms. The van der Waals surface area contributed by atoms with Crippen molar-refractivity contribution in [3.8, 4) is 0 Å². The Labute approximate surface area is 113 Å². The third-order valence-electron chi connectivity index (χ3n) is 4.95. The van der Waals surface area contributed by atoms with Crippen molar-refractivity contribution in [2.45, 2.75) is 79.1 Å². The highest BCUT2D eigenvalue weighted by atomic mass is 16.6. The zero-order valence-corrected chi connectivity index (χ0v) is 13.1. The monoisotopic (exact) mass is 253 g/mol. The van der Waals surface area contributed by atoms with Crippen molar-refractivity contribution in [1.29, 1.82) is 0 Å². The van der Waals surface area contributed by atoms with Crippen LogP contribution in [0, 0.1) is 16.7 Å². The van der Waals surface area contributed by atoms with Crippen LogP contribution in [-0.2, 0) is 4.74 Å². The predicted octanol–water partition coefficient (Wildman–Crippen LogP) is 3.95. The number of epoxide rings is 1. The molecule has 1 saturated carbocycles. The first kappa shape index (κ1) is 14.3. The van der Waals surface area contributed by atoms with Crippen molar-refractivity contribution < 1.29 is 4.74 Å². The predicted molar refractivity (Wildman–Crippen MR) is 76.5 cm³/mol. The van der Waals surface area contributed by atoms with Gasteiger partial charge < -0.3 is 4.74 Å². The number of hydrogen-bond acceptors (Lipinski definition) is 2. The summed E-state index contributed by atoms with van der Waals surface area (Å²) in [6.07, 6.45) is 5.43. The number of ether oxygens (including phenoxy) is 1. The molecule has 0 aromatic rings. The molecule has 2 aliphatic rings. The van der Waals surface area contributed by atoms with E-state index in [1.165, 1.54) is 19.3 Å². The highest BCUT2D eigenvalue weighted by Crippen LogP contribution is 2.48. The van der Waals surface area contributed by atoms with Crippen molar-refractivity contribution in [2.75, 3.05) is 6.54 Å². The van der Waals surface area contributed by atoms with Crippen LogP contribution in [0.3, 0.4) is 0 Å². The molecule has 0 aromatic heterocycles. The molecule has 2 rings (SSSR count). The van der Waals surface area contributed by atoms with Gasteiger partial charge in [-0.05, 0) is 49.4 Å². The third-order valence-corrected chi connectivity index (χ3v) is 4.95. The first-order valence-corrected chi connectivity index (χ1v) is 7.59. The van der Waals surface area contributed by atoms with Crippen molar-refractivity contribution in [2.24, 2.45) is 16.7 Å². The minimum Gasteiger partial charge on any atom is -0.350 e. The van der Waals surface area contributed by atoms with Gasteiger partial charge in [0.1, 0.15) is 11.8 Å². The van der Waals surface area contributed by atoms with E-state index in [-0.39, 0.29) is 5.60 Å². The van der Waals surface area contributed by atoms with E-state index in [9.17, 15) is 0 Å². The highest BCUT2D eigenvalue weighted by molar-refractivity contribution is 4.98. The average Bonchev–Trinajstić information content (AvgIpc) is 2.84. The molecule has 0 aromatic carbocycles. The van der Waals surface area contributed by atoms with Gasteiger partial charge in [0.2, 0.25) is 0 Å². The van der Waals surface area contributed by atoms with Crippen molar-refractivity contribution >= 4 is 0 Å². The summed E-state index contributed by atoms with van der Waals surface area (Å²) in [6, 6.07) is 0. The smallest absolute Gasteiger partial charge is 0.138 e. The number of nitrogens with one attached hydrogen (secondary N) is 1. The Hall–Kier alpha value is -0.0800. The summed E-state index contributed by atoms with van der Waals surface area (Å²) < 4.78 is 5.76. The summed E-state index contributed by atoms with van der Waals surface area (Å²) in [6.45, 7) is 15.2. The van der Waals surface area contributed by atoms with Gasteiger partial charge in [-0.1, -0.05) is 34.6 Å². The van der Waals surface area contributed by atoms with Gasteiger partial charge in [-0.3, -0.25) is 5.32 Å². The molecule has 106 valence electrons. The second-order valence-corrected chi connectivity index (χ2v) is 8.21. The van der Waals surface area contributed by atoms with Crippen molar-refractivity contribution in [3.05, 3.63) is 0 Å². The summed E-state index contributed by atoms with van der Waals surface area (Å²) in [5, 5.41) is 3.64. The van der Waals surface area contributed by atoms with E-state index in [1.807, 2.05) is 0 Å². The SMILES string of the molecule is CCC1(C)OC1NCC1(C)CC(C)CC(C)(C)C1. The van der Waals surface area contributed by atoms with Crippen LogP contribution in [0.25, 0.3) is 0 Å². The molecule has 2 heteroatoms. The quantitative estimate of drug-likeness (QED) is 0.767. The van der Waals surface area contributed by atoms with E-state index in [4.69, 9.17) is 4.74 Å². The first-order valence-electron chi connectivity index (χ1n) is 7.59. The van der Waals surface area contributed by atoms with Gasteiger partial charge in [-0.2, -0.15) is 0 Å². The molecule has 2 nitrogen and oxygen atoms in total. The normalized spacial score (nSPS) is 47.0. The van der Waals surface area contributed by atoms with Crippen LogP contribution in [0.4, 0.5) is 0 Å². The Kier molecular flexibility index (Phi) is 3.57. The summed E-state index contributed by atoms with van der Waals surface area (Å²) in [5.41, 5.74) is 1.03. The lowest BCUT2D eigenvalue weighted by Gasteiger charge is -2.46. The Morgan fingerprint density at radius 3 is 2.33 bits per heavy atom. The lowest BCUT2D eigenvalue weighted by molar-refractivity contribution is 0.0583. The minimum absolute atomic E-state index is 0.103. The lowest BCUT2D eigenvalue weighted by Crippen LogP contribution is -2.43. The Morgan fingerprint density at radius 1 is 1.17 bits per heavy atom. The van der Waals surface area contributed by atoms with E-state index < -0.39 is 0 Å². The fraction of sp³-hybridized carbons (Fsp3) is 1.00. The maximum Gasteiger partial charge on any atom is 0.138 e. The van der Waals surface area contributed by atoms with E-state index in [0.29, 0.717) is 17.1 Å². The van der Waals surface area contributed by atoms with Gasteiger partial charge >= 0.3 is 0 Å². The first-order chi connectivity index (χ1) is 8.18. The van der Waals surface area contributed by atoms with Gasteiger partial charge in [0.05, 0.1) is 0 Å². The van der Waals surface area contributed by atoms with Gasteiger partial charge in [-0.15, -0.1) is 0 Å². The zero-order chi connectivity index (χ0) is 13.6. The van der Waals surface area contributed by atoms with Gasteiger partial charge in [0.25, 0.3) is 0 Å². The van der Waals surface area contributed by atoms with E-state index >= 15 is 0 Å². The van der Waals surface area contributed by atoms with Crippen LogP contribution in [-0.4, -0.2) is 18.4 Å². The molecule has 0 radical (unpaired) electrons. The van der Waals surface area contributed by atoms with Crippen LogP contribution in [0.2, 0.25) is 0 Å². The standard InChI is InChI=1S/C16H31NO/c1-7-16(6)13(18-16)17-11-15(5)9-12(2)8-14(3,4)10-15/h12-13,17H,7-11H2,1-6H3. The van der Waals surface area contributed by atoms with E-state index in [0.717, 1.165) is 18.9 Å². The zero-order valence-electron chi connectivity index (χ0n) is 13.1. The Balaban J connectivity index is 1.88. The maximum atomic E-state index is 5.76. The largest absolute Gasteiger partial charge is 0.350 e. The molecule has 0 amide bonds. The Morgan fingerprint density at radius 2 is 1.83 bits per heavy atom. The lowest BCUT2D eigenvalue weighted by atomic mass is 9.61. The van der Waals surface area contributed by atoms with Crippen LogP contribution >= 0.6 is 0 Å². The summed E-state index contributed by atoms with van der Waals surface area (Å²) in [5.74, 6) is 0.846. The minimum atomic E-state index is 0.103. The van der Waals surface area contributed by atoms with Crippen LogP contribution in [0.1, 0.15) is 67.2 Å². The molecule has 1 saturated heterocycles. The third kappa shape index (κ3) is 3.08. The fourth-order valence-electron chi connectivity index (χ4n) is 4.39. The molecule has 0 spiro atoms. The summed E-state index contributed by atoms with van der Waals surface area (Å²) >= 11 is 0. The second-order valence-electron chi connectivity index (χ2n) is 8.21. The molecule has 1 heterocycles. The molecule has 0 bridgehead atoms. The molecule has 2 fully saturated rings. The summed E-state index contributed by atoms with van der Waals surface area (Å²) in [7, 11) is 0. The number of rotatable bonds is 4. The average molecular weight is 253 g/mol. The van der Waals surface area contributed by atoms with Gasteiger partial charge in [0, 0.05) is 6.54 Å². The topological polar surface area (TPSA) is 24.6 Å². The van der Waals surface area contributed by atoms with E-state index in [1.54, 1.807) is 0 Å². The molecule has 4 atom stereocenters. The van der Waals surface area contributed by atoms with E-state index in [2.05, 4.69) is 46.9 Å². The van der Waals surface area contributed by atoms with Crippen molar-refractivity contribution in [1.82, 2.24) is 5.32 Å². The van der Waals surface area contributed by atoms with Crippen LogP contribution in [0.5, 0.6) is 0 Å². The molecule has 1 aliphatic heterocycles. The number of hydrogen-bond donors (Lipinski definition) is 1. The maximum absolute atomic E-state index is 5.76. The molecule has 1 N–H and O–H groups in total. The van der Waals surface area contributed by atoms with Crippen LogP contribution < -0.4 is 5.32 Å². The van der Waals surface area contributed by atoms with Gasteiger partial charge in [-0.25, -0.2) is 0 Å². The second kappa shape index (κ2) is 4.49. The summed E-state index contributed by atoms with van der Waals surface area (Å²) in [4.78, 5) is 0. The molecule has 4 unspecified atom stereocenters. The molecular formula is C16H31NO. The van der Waals surface area contributed by atoms with Crippen molar-refractivity contribution in [3.63, 3.8) is 0 Å². The molecule has 1 aliphatic carbocycles. The Bertz CT molecular complexity index is 314.